The summed E-state index contributed by atoms with van der Waals surface area (Å²) in [7, 11) is 0. The minimum absolute atomic E-state index is 0.0324. The van der Waals surface area contributed by atoms with Gasteiger partial charge in [-0.05, 0) is 42.8 Å². The molecule has 0 bridgehead atoms. The number of ether oxygens (including phenoxy) is 2. The number of rotatable bonds is 9. The molecular formula is C23H23N5O3. The molecule has 2 aromatic carbocycles. The van der Waals surface area contributed by atoms with Gasteiger partial charge in [-0.2, -0.15) is 15.0 Å². The van der Waals surface area contributed by atoms with E-state index in [9.17, 15) is 4.79 Å². The summed E-state index contributed by atoms with van der Waals surface area (Å²) in [6.45, 7) is 5.91. The van der Waals surface area contributed by atoms with Gasteiger partial charge in [0.05, 0.1) is 0 Å². The van der Waals surface area contributed by atoms with Crippen LogP contribution in [0.3, 0.4) is 0 Å². The van der Waals surface area contributed by atoms with Gasteiger partial charge in [-0.1, -0.05) is 42.5 Å². The Bertz CT molecular complexity index is 1060. The number of nitrogens with two attached hydrogens (primary N) is 1. The molecule has 31 heavy (non-hydrogen) atoms. The maximum absolute atomic E-state index is 12.0. The van der Waals surface area contributed by atoms with E-state index in [1.165, 1.54) is 6.08 Å². The van der Waals surface area contributed by atoms with Crippen molar-refractivity contribution >= 4 is 29.6 Å². The molecule has 0 unspecified atom stereocenters. The molecule has 3 rings (SSSR count). The van der Waals surface area contributed by atoms with Crippen LogP contribution < -0.4 is 15.8 Å². The highest BCUT2D eigenvalue weighted by molar-refractivity contribution is 5.87. The van der Waals surface area contributed by atoms with Gasteiger partial charge < -0.3 is 20.5 Å². The Hall–Kier alpha value is -4.20. The third kappa shape index (κ3) is 6.97. The molecule has 0 amide bonds. The SMILES string of the molecule is C=CCOc1ccc(/C=C/C(=O)OCc2nc(N)nc(Nc3ccc(C)cc3)n2)cc1. The van der Waals surface area contributed by atoms with Crippen LogP contribution in [-0.2, 0) is 16.1 Å². The van der Waals surface area contributed by atoms with E-state index in [0.717, 1.165) is 22.6 Å². The Balaban J connectivity index is 1.55. The van der Waals surface area contributed by atoms with E-state index in [1.807, 2.05) is 55.5 Å². The largest absolute Gasteiger partial charge is 0.490 e. The van der Waals surface area contributed by atoms with Crippen LogP contribution in [-0.4, -0.2) is 27.5 Å². The molecule has 1 heterocycles. The summed E-state index contributed by atoms with van der Waals surface area (Å²) in [6, 6.07) is 15.0. The molecule has 0 atom stereocenters. The normalized spacial score (nSPS) is 10.6. The van der Waals surface area contributed by atoms with E-state index in [-0.39, 0.29) is 24.3 Å². The third-order valence-electron chi connectivity index (χ3n) is 4.01. The summed E-state index contributed by atoms with van der Waals surface area (Å²) in [6.07, 6.45) is 4.65. The molecule has 0 fully saturated rings. The average molecular weight is 417 g/mol. The lowest BCUT2D eigenvalue weighted by molar-refractivity contribution is -0.139. The minimum Gasteiger partial charge on any atom is -0.490 e. The van der Waals surface area contributed by atoms with Crippen LogP contribution in [0.2, 0.25) is 0 Å². The summed E-state index contributed by atoms with van der Waals surface area (Å²) in [5.74, 6) is 0.746. The second-order valence-electron chi connectivity index (χ2n) is 6.53. The van der Waals surface area contributed by atoms with Crippen molar-refractivity contribution in [3.63, 3.8) is 0 Å². The first-order valence-corrected chi connectivity index (χ1v) is 9.54. The molecule has 0 aliphatic carbocycles. The van der Waals surface area contributed by atoms with Crippen molar-refractivity contribution in [1.29, 1.82) is 0 Å². The van der Waals surface area contributed by atoms with Crippen molar-refractivity contribution in [2.45, 2.75) is 13.5 Å². The summed E-state index contributed by atoms with van der Waals surface area (Å²) in [5.41, 5.74) is 8.52. The predicted octanol–water partition coefficient (Wildman–Crippen LogP) is 3.83. The summed E-state index contributed by atoms with van der Waals surface area (Å²) in [4.78, 5) is 24.3. The zero-order chi connectivity index (χ0) is 22.1. The first-order valence-electron chi connectivity index (χ1n) is 9.54. The summed E-state index contributed by atoms with van der Waals surface area (Å²) < 4.78 is 10.6. The van der Waals surface area contributed by atoms with E-state index in [4.69, 9.17) is 15.2 Å². The fourth-order valence-corrected chi connectivity index (χ4v) is 2.50. The second kappa shape index (κ2) is 10.5. The number of carbonyl (C=O) groups is 1. The molecule has 3 aromatic rings. The van der Waals surface area contributed by atoms with E-state index >= 15 is 0 Å². The smallest absolute Gasteiger partial charge is 0.331 e. The average Bonchev–Trinajstić information content (AvgIpc) is 2.77. The first-order chi connectivity index (χ1) is 15.0. The van der Waals surface area contributed by atoms with Crippen LogP contribution in [0.5, 0.6) is 5.75 Å². The second-order valence-corrected chi connectivity index (χ2v) is 6.53. The number of nitrogens with one attached hydrogen (secondary N) is 1. The number of hydrogen-bond donors (Lipinski definition) is 2. The van der Waals surface area contributed by atoms with E-state index in [1.54, 1.807) is 12.2 Å². The van der Waals surface area contributed by atoms with Crippen LogP contribution in [0, 0.1) is 6.92 Å². The molecule has 0 aliphatic heterocycles. The van der Waals surface area contributed by atoms with E-state index in [2.05, 4.69) is 26.8 Å². The molecule has 0 spiro atoms. The molecule has 0 saturated carbocycles. The van der Waals surface area contributed by atoms with Gasteiger partial charge in [-0.3, -0.25) is 0 Å². The summed E-state index contributed by atoms with van der Waals surface area (Å²) in [5, 5.41) is 3.05. The summed E-state index contributed by atoms with van der Waals surface area (Å²) >= 11 is 0. The van der Waals surface area contributed by atoms with Crippen molar-refractivity contribution in [3.05, 3.63) is 84.2 Å². The molecular weight excluding hydrogens is 394 g/mol. The van der Waals surface area contributed by atoms with Crippen molar-refractivity contribution in [2.75, 3.05) is 17.7 Å². The van der Waals surface area contributed by atoms with Crippen molar-refractivity contribution in [1.82, 2.24) is 15.0 Å². The van der Waals surface area contributed by atoms with Crippen molar-refractivity contribution < 1.29 is 14.3 Å². The van der Waals surface area contributed by atoms with Gasteiger partial charge in [0.1, 0.15) is 12.4 Å². The van der Waals surface area contributed by atoms with Gasteiger partial charge in [-0.25, -0.2) is 4.79 Å². The number of anilines is 3. The van der Waals surface area contributed by atoms with Crippen LogP contribution >= 0.6 is 0 Å². The zero-order valence-electron chi connectivity index (χ0n) is 17.1. The molecule has 158 valence electrons. The molecule has 8 heteroatoms. The first kappa shape index (κ1) is 21.5. The number of nitrogen functional groups attached to an aromatic ring is 1. The standard InChI is InChI=1S/C23H23N5O3/c1-3-14-30-19-11-6-17(7-12-19)8-13-21(29)31-15-20-26-22(24)28-23(27-20)25-18-9-4-16(2)5-10-18/h3-13H,1,14-15H2,2H3,(H3,24,25,26,27,28)/b13-8+. The molecule has 0 aliphatic rings. The van der Waals surface area contributed by atoms with Crippen LogP contribution in [0.4, 0.5) is 17.6 Å². The zero-order valence-corrected chi connectivity index (χ0v) is 17.1. The Morgan fingerprint density at radius 2 is 1.84 bits per heavy atom. The number of benzene rings is 2. The quantitative estimate of drug-likeness (QED) is 0.307. The number of hydrogen-bond acceptors (Lipinski definition) is 8. The molecule has 8 nitrogen and oxygen atoms in total. The van der Waals surface area contributed by atoms with Crippen molar-refractivity contribution in [3.8, 4) is 5.75 Å². The van der Waals surface area contributed by atoms with Gasteiger partial charge in [0.15, 0.2) is 12.4 Å². The van der Waals surface area contributed by atoms with E-state index < -0.39 is 5.97 Å². The third-order valence-corrected chi connectivity index (χ3v) is 4.01. The van der Waals surface area contributed by atoms with Gasteiger partial charge in [0.25, 0.3) is 0 Å². The van der Waals surface area contributed by atoms with Crippen LogP contribution in [0.1, 0.15) is 17.0 Å². The highest BCUT2D eigenvalue weighted by Gasteiger charge is 2.07. The molecule has 0 radical (unpaired) electrons. The number of nitrogens with zero attached hydrogens (tertiary/aromatic N) is 3. The fourth-order valence-electron chi connectivity index (χ4n) is 2.50. The van der Waals surface area contributed by atoms with Gasteiger partial charge in [-0.15, -0.1) is 0 Å². The number of esters is 1. The maximum atomic E-state index is 12.0. The van der Waals surface area contributed by atoms with Gasteiger partial charge in [0, 0.05) is 11.8 Å². The van der Waals surface area contributed by atoms with Crippen molar-refractivity contribution in [2.24, 2.45) is 0 Å². The fraction of sp³-hybridized carbons (Fsp3) is 0.130. The topological polar surface area (TPSA) is 112 Å². The molecule has 0 saturated heterocycles. The molecule has 3 N–H and O–H groups in total. The lowest BCUT2D eigenvalue weighted by atomic mass is 10.2. The maximum Gasteiger partial charge on any atom is 0.331 e. The highest BCUT2D eigenvalue weighted by Crippen LogP contribution is 2.15. The Labute approximate surface area is 180 Å². The number of aryl methyl sites for hydroxylation is 1. The highest BCUT2D eigenvalue weighted by atomic mass is 16.5. The number of carbonyl (C=O) groups excluding carboxylic acids is 1. The van der Waals surface area contributed by atoms with Gasteiger partial charge >= 0.3 is 5.97 Å². The van der Waals surface area contributed by atoms with Crippen LogP contribution in [0.25, 0.3) is 6.08 Å². The lowest BCUT2D eigenvalue weighted by Gasteiger charge is -2.07. The Morgan fingerprint density at radius 3 is 2.55 bits per heavy atom. The molecule has 1 aromatic heterocycles. The minimum atomic E-state index is -0.529. The number of aromatic nitrogens is 3. The predicted molar refractivity (Wildman–Crippen MR) is 120 cm³/mol. The van der Waals surface area contributed by atoms with Gasteiger partial charge in [0.2, 0.25) is 11.9 Å². The van der Waals surface area contributed by atoms with Crippen LogP contribution in [0.15, 0.2) is 67.3 Å². The monoisotopic (exact) mass is 417 g/mol. The Kier molecular flexibility index (Phi) is 7.31. The van der Waals surface area contributed by atoms with E-state index in [0.29, 0.717) is 6.61 Å². The Morgan fingerprint density at radius 1 is 1.10 bits per heavy atom. The lowest BCUT2D eigenvalue weighted by Crippen LogP contribution is -2.10.